The molecule has 2 aromatic carbocycles. The largest absolute Gasteiger partial charge is 0.484 e. The molecule has 1 aliphatic rings. The number of carbonyl (C=O) groups is 2. The number of amides is 2. The molecule has 1 N–H and O–H groups in total. The second-order valence-electron chi connectivity index (χ2n) is 8.60. The predicted octanol–water partition coefficient (Wildman–Crippen LogP) is 4.20. The van der Waals surface area contributed by atoms with E-state index in [1.54, 1.807) is 4.90 Å². The maximum Gasteiger partial charge on any atom is 0.261 e. The van der Waals surface area contributed by atoms with E-state index < -0.39 is 6.04 Å². The van der Waals surface area contributed by atoms with Crippen LogP contribution in [-0.2, 0) is 16.0 Å². The molecule has 0 aliphatic heterocycles. The summed E-state index contributed by atoms with van der Waals surface area (Å²) in [4.78, 5) is 27.6. The molecule has 0 radical (unpaired) electrons. The molecule has 2 aromatic rings. The Kier molecular flexibility index (Phi) is 8.10. The first-order chi connectivity index (χ1) is 14.9. The molecule has 0 saturated heterocycles. The number of benzene rings is 2. The first kappa shape index (κ1) is 22.9. The Hall–Kier alpha value is -2.82. The van der Waals surface area contributed by atoms with Crippen molar-refractivity contribution in [1.82, 2.24) is 10.2 Å². The lowest BCUT2D eigenvalue weighted by Gasteiger charge is -2.29. The molecular formula is C26H34N2O3. The van der Waals surface area contributed by atoms with E-state index in [0.717, 1.165) is 42.4 Å². The predicted molar refractivity (Wildman–Crippen MR) is 123 cm³/mol. The van der Waals surface area contributed by atoms with Crippen LogP contribution < -0.4 is 10.1 Å². The molecule has 0 spiro atoms. The first-order valence-corrected chi connectivity index (χ1v) is 11.3. The quantitative estimate of drug-likeness (QED) is 0.659. The molecule has 0 bridgehead atoms. The van der Waals surface area contributed by atoms with Gasteiger partial charge in [0.1, 0.15) is 11.8 Å². The number of hydrogen-bond donors (Lipinski definition) is 1. The zero-order valence-electron chi connectivity index (χ0n) is 18.9. The van der Waals surface area contributed by atoms with Gasteiger partial charge >= 0.3 is 0 Å². The Morgan fingerprint density at radius 2 is 1.71 bits per heavy atom. The highest BCUT2D eigenvalue weighted by molar-refractivity contribution is 5.88. The zero-order chi connectivity index (χ0) is 22.2. The molecule has 166 valence electrons. The van der Waals surface area contributed by atoms with Crippen LogP contribution in [0.3, 0.4) is 0 Å². The molecule has 1 saturated carbocycles. The lowest BCUT2D eigenvalue weighted by Crippen LogP contribution is -2.51. The van der Waals surface area contributed by atoms with Crippen molar-refractivity contribution in [3.8, 4) is 5.75 Å². The van der Waals surface area contributed by atoms with Gasteiger partial charge in [0, 0.05) is 12.6 Å². The van der Waals surface area contributed by atoms with Crippen LogP contribution in [0.1, 0.15) is 49.3 Å². The van der Waals surface area contributed by atoms with Crippen molar-refractivity contribution < 1.29 is 14.3 Å². The van der Waals surface area contributed by atoms with Gasteiger partial charge in [-0.1, -0.05) is 49.2 Å². The van der Waals surface area contributed by atoms with Gasteiger partial charge in [0.25, 0.3) is 5.91 Å². The van der Waals surface area contributed by atoms with Crippen molar-refractivity contribution in [3.63, 3.8) is 0 Å². The maximum absolute atomic E-state index is 13.1. The Labute approximate surface area is 185 Å². The minimum absolute atomic E-state index is 0.0836. The zero-order valence-corrected chi connectivity index (χ0v) is 18.9. The Morgan fingerprint density at radius 1 is 1.06 bits per heavy atom. The third-order valence-electron chi connectivity index (χ3n) is 5.91. The van der Waals surface area contributed by atoms with Gasteiger partial charge in [-0.2, -0.15) is 0 Å². The van der Waals surface area contributed by atoms with E-state index in [0.29, 0.717) is 18.7 Å². The highest BCUT2D eigenvalue weighted by Crippen LogP contribution is 2.19. The average molecular weight is 423 g/mol. The Morgan fingerprint density at radius 3 is 2.35 bits per heavy atom. The lowest BCUT2D eigenvalue weighted by molar-refractivity contribution is -0.141. The van der Waals surface area contributed by atoms with Crippen molar-refractivity contribution in [2.24, 2.45) is 0 Å². The van der Waals surface area contributed by atoms with Crippen LogP contribution in [0.25, 0.3) is 0 Å². The fraction of sp³-hybridized carbons (Fsp3) is 0.462. The SMILES string of the molecule is Cc1cc(C)cc(OCC(=O)N(CCc2ccccc2)[C@@H](C)C(=O)NC2CCCC2)c1. The number of carbonyl (C=O) groups excluding carboxylic acids is 2. The van der Waals surface area contributed by atoms with Gasteiger partial charge in [-0.05, 0) is 68.9 Å². The topological polar surface area (TPSA) is 58.6 Å². The fourth-order valence-corrected chi connectivity index (χ4v) is 4.21. The number of nitrogens with zero attached hydrogens (tertiary/aromatic N) is 1. The van der Waals surface area contributed by atoms with Crippen molar-refractivity contribution >= 4 is 11.8 Å². The number of hydrogen-bond acceptors (Lipinski definition) is 3. The smallest absolute Gasteiger partial charge is 0.261 e. The molecule has 1 aliphatic carbocycles. The van der Waals surface area contributed by atoms with E-state index in [1.165, 1.54) is 0 Å². The molecule has 31 heavy (non-hydrogen) atoms. The summed E-state index contributed by atoms with van der Waals surface area (Å²) in [5.41, 5.74) is 3.32. The molecule has 0 aromatic heterocycles. The summed E-state index contributed by atoms with van der Waals surface area (Å²) in [6.45, 7) is 6.20. The van der Waals surface area contributed by atoms with Gasteiger partial charge in [0.05, 0.1) is 0 Å². The summed E-state index contributed by atoms with van der Waals surface area (Å²) < 4.78 is 5.80. The summed E-state index contributed by atoms with van der Waals surface area (Å²) in [5.74, 6) is 0.417. The van der Waals surface area contributed by atoms with Crippen molar-refractivity contribution in [2.45, 2.75) is 65.0 Å². The summed E-state index contributed by atoms with van der Waals surface area (Å²) in [6, 6.07) is 15.6. The van der Waals surface area contributed by atoms with Gasteiger partial charge < -0.3 is 15.0 Å². The summed E-state index contributed by atoms with van der Waals surface area (Å²) >= 11 is 0. The van der Waals surface area contributed by atoms with Crippen LogP contribution in [0.2, 0.25) is 0 Å². The van der Waals surface area contributed by atoms with Crippen LogP contribution in [0.4, 0.5) is 0 Å². The fourth-order valence-electron chi connectivity index (χ4n) is 4.21. The van der Waals surface area contributed by atoms with Gasteiger partial charge in [0.15, 0.2) is 6.61 Å². The van der Waals surface area contributed by atoms with Crippen LogP contribution in [-0.4, -0.2) is 41.9 Å². The maximum atomic E-state index is 13.1. The molecule has 5 heteroatoms. The van der Waals surface area contributed by atoms with Crippen LogP contribution in [0, 0.1) is 13.8 Å². The van der Waals surface area contributed by atoms with Gasteiger partial charge in [-0.15, -0.1) is 0 Å². The highest BCUT2D eigenvalue weighted by atomic mass is 16.5. The number of rotatable bonds is 9. The number of ether oxygens (including phenoxy) is 1. The summed E-state index contributed by atoms with van der Waals surface area (Å²) in [7, 11) is 0. The first-order valence-electron chi connectivity index (χ1n) is 11.3. The second kappa shape index (κ2) is 11.0. The molecule has 0 unspecified atom stereocenters. The second-order valence-corrected chi connectivity index (χ2v) is 8.60. The van der Waals surface area contributed by atoms with E-state index >= 15 is 0 Å². The van der Waals surface area contributed by atoms with E-state index in [9.17, 15) is 9.59 Å². The minimum atomic E-state index is -0.542. The van der Waals surface area contributed by atoms with E-state index in [2.05, 4.69) is 11.4 Å². The molecule has 5 nitrogen and oxygen atoms in total. The number of nitrogens with one attached hydrogen (secondary N) is 1. The van der Waals surface area contributed by atoms with E-state index in [-0.39, 0.29) is 24.5 Å². The van der Waals surface area contributed by atoms with Gasteiger partial charge in [-0.3, -0.25) is 9.59 Å². The molecule has 1 fully saturated rings. The molecular weight excluding hydrogens is 388 g/mol. The summed E-state index contributed by atoms with van der Waals surface area (Å²) in [6.07, 6.45) is 5.04. The van der Waals surface area contributed by atoms with Gasteiger partial charge in [-0.25, -0.2) is 0 Å². The Balaban J connectivity index is 1.66. The monoisotopic (exact) mass is 422 g/mol. The van der Waals surface area contributed by atoms with Crippen LogP contribution in [0.5, 0.6) is 5.75 Å². The van der Waals surface area contributed by atoms with E-state index in [4.69, 9.17) is 4.74 Å². The normalized spacial score (nSPS) is 14.8. The van der Waals surface area contributed by atoms with Crippen LogP contribution in [0.15, 0.2) is 48.5 Å². The van der Waals surface area contributed by atoms with Gasteiger partial charge in [0.2, 0.25) is 5.91 Å². The van der Waals surface area contributed by atoms with Crippen molar-refractivity contribution in [1.29, 1.82) is 0 Å². The van der Waals surface area contributed by atoms with Crippen molar-refractivity contribution in [2.75, 3.05) is 13.2 Å². The molecule has 1 atom stereocenters. The summed E-state index contributed by atoms with van der Waals surface area (Å²) in [5, 5.41) is 3.13. The van der Waals surface area contributed by atoms with E-state index in [1.807, 2.05) is 63.2 Å². The van der Waals surface area contributed by atoms with Crippen LogP contribution >= 0.6 is 0 Å². The Bertz CT molecular complexity index is 855. The molecule has 2 amide bonds. The average Bonchev–Trinajstić information content (AvgIpc) is 3.25. The highest BCUT2D eigenvalue weighted by Gasteiger charge is 2.28. The third kappa shape index (κ3) is 6.84. The number of aryl methyl sites for hydroxylation is 2. The minimum Gasteiger partial charge on any atom is -0.484 e. The lowest BCUT2D eigenvalue weighted by atomic mass is 10.1. The van der Waals surface area contributed by atoms with Crippen molar-refractivity contribution in [3.05, 3.63) is 65.2 Å². The molecule has 0 heterocycles. The standard InChI is InChI=1S/C26H34N2O3/c1-19-15-20(2)17-24(16-19)31-18-25(29)28(14-13-22-9-5-4-6-10-22)21(3)26(30)27-23-11-7-8-12-23/h4-6,9-10,15-17,21,23H,7-8,11-14,18H2,1-3H3,(H,27,30)/t21-/m0/s1. The molecule has 3 rings (SSSR count). The third-order valence-corrected chi connectivity index (χ3v) is 5.91.